The molecule has 0 aliphatic rings. The minimum atomic E-state index is -1.58. The quantitative estimate of drug-likeness (QED) is 0.573. The highest BCUT2D eigenvalue weighted by molar-refractivity contribution is 6.58. The average Bonchev–Trinajstić information content (AvgIpc) is 2.15. The molecule has 3 N–H and O–H groups in total. The first-order valence-corrected chi connectivity index (χ1v) is 4.65. The van der Waals surface area contributed by atoms with Gasteiger partial charge in [-0.25, -0.2) is 0 Å². The zero-order valence-corrected chi connectivity index (χ0v) is 8.32. The van der Waals surface area contributed by atoms with Crippen molar-refractivity contribution in [1.29, 1.82) is 0 Å². The summed E-state index contributed by atoms with van der Waals surface area (Å²) >= 11 is 0. The van der Waals surface area contributed by atoms with Crippen LogP contribution in [-0.4, -0.2) is 22.2 Å². The number of hydrogen-bond acceptors (Lipinski definition) is 3. The highest BCUT2D eigenvalue weighted by atomic mass is 16.4. The van der Waals surface area contributed by atoms with E-state index in [9.17, 15) is 4.79 Å². The number of rotatable bonds is 3. The lowest BCUT2D eigenvalue weighted by Gasteiger charge is -2.09. The molecule has 4 nitrogen and oxygen atoms in total. The topological polar surface area (TPSA) is 73.3 Å². The van der Waals surface area contributed by atoms with E-state index in [2.05, 4.69) is 4.98 Å². The number of aromatic nitrogens is 1. The van der Waals surface area contributed by atoms with E-state index in [1.54, 1.807) is 6.07 Å². The van der Waals surface area contributed by atoms with Crippen molar-refractivity contribution in [1.82, 2.24) is 4.98 Å². The Bertz CT molecular complexity index is 361. The summed E-state index contributed by atoms with van der Waals surface area (Å²) in [5.74, 6) is 0.210. The van der Waals surface area contributed by atoms with Crippen LogP contribution >= 0.6 is 0 Å². The molecule has 76 valence electrons. The van der Waals surface area contributed by atoms with Crippen molar-refractivity contribution in [3.05, 3.63) is 28.2 Å². The highest BCUT2D eigenvalue weighted by Gasteiger charge is 2.14. The first-order valence-electron chi connectivity index (χ1n) is 4.65. The van der Waals surface area contributed by atoms with E-state index in [0.29, 0.717) is 0 Å². The Balaban J connectivity index is 3.13. The van der Waals surface area contributed by atoms with Crippen LogP contribution in [0.25, 0.3) is 0 Å². The predicted octanol–water partition coefficient (Wildman–Crippen LogP) is -0.432. The molecule has 1 aromatic rings. The molecular weight excluding hydrogens is 181 g/mol. The third kappa shape index (κ3) is 2.46. The minimum absolute atomic E-state index is 0.210. The molecule has 14 heavy (non-hydrogen) atoms. The number of nitrogens with one attached hydrogen (secondary N) is 1. The van der Waals surface area contributed by atoms with E-state index in [1.165, 1.54) is 6.07 Å². The molecule has 0 radical (unpaired) electrons. The van der Waals surface area contributed by atoms with Crippen molar-refractivity contribution in [2.24, 2.45) is 0 Å². The van der Waals surface area contributed by atoms with E-state index in [4.69, 9.17) is 10.0 Å². The second kappa shape index (κ2) is 4.44. The zero-order chi connectivity index (χ0) is 10.7. The van der Waals surface area contributed by atoms with Gasteiger partial charge in [-0.3, -0.25) is 4.79 Å². The molecule has 0 fully saturated rings. The van der Waals surface area contributed by atoms with E-state index in [1.807, 2.05) is 13.8 Å². The molecule has 1 rings (SSSR count). The number of H-pyrrole nitrogens is 1. The highest BCUT2D eigenvalue weighted by Crippen LogP contribution is 2.13. The molecule has 0 aromatic carbocycles. The summed E-state index contributed by atoms with van der Waals surface area (Å²) in [6.45, 7) is 3.98. The second-order valence-electron chi connectivity index (χ2n) is 3.42. The fourth-order valence-corrected chi connectivity index (χ4v) is 1.22. The Morgan fingerprint density at radius 2 is 2.14 bits per heavy atom. The van der Waals surface area contributed by atoms with Crippen LogP contribution in [0.2, 0.25) is 0 Å². The van der Waals surface area contributed by atoms with Crippen LogP contribution in [0.5, 0.6) is 0 Å². The average molecular weight is 195 g/mol. The smallest absolute Gasteiger partial charge is 0.423 e. The van der Waals surface area contributed by atoms with Crippen molar-refractivity contribution < 1.29 is 10.0 Å². The molecule has 0 amide bonds. The Hall–Kier alpha value is -1.07. The largest absolute Gasteiger partial charge is 0.488 e. The molecule has 0 spiro atoms. The Morgan fingerprint density at radius 3 is 2.64 bits per heavy atom. The van der Waals surface area contributed by atoms with Gasteiger partial charge in [-0.05, 0) is 23.9 Å². The minimum Gasteiger partial charge on any atom is -0.423 e. The summed E-state index contributed by atoms with van der Waals surface area (Å²) in [5.41, 5.74) is 0.679. The van der Waals surface area contributed by atoms with Crippen molar-refractivity contribution in [2.75, 3.05) is 0 Å². The van der Waals surface area contributed by atoms with Gasteiger partial charge in [0.2, 0.25) is 5.56 Å². The fourth-order valence-electron chi connectivity index (χ4n) is 1.22. The summed E-state index contributed by atoms with van der Waals surface area (Å²) in [5, 5.41) is 17.9. The van der Waals surface area contributed by atoms with Crippen LogP contribution in [0.15, 0.2) is 16.9 Å². The van der Waals surface area contributed by atoms with Gasteiger partial charge in [0.25, 0.3) is 0 Å². The third-order valence-corrected chi connectivity index (χ3v) is 2.33. The van der Waals surface area contributed by atoms with Gasteiger partial charge < -0.3 is 15.0 Å². The molecular formula is C9H14BNO3. The molecule has 5 heteroatoms. The molecule has 0 bridgehead atoms. The molecule has 0 saturated heterocycles. The van der Waals surface area contributed by atoms with Gasteiger partial charge in [-0.1, -0.05) is 13.8 Å². The van der Waals surface area contributed by atoms with Crippen LogP contribution in [0.1, 0.15) is 31.9 Å². The van der Waals surface area contributed by atoms with E-state index in [-0.39, 0.29) is 16.9 Å². The Labute approximate surface area is 82.8 Å². The Kier molecular flexibility index (Phi) is 3.49. The van der Waals surface area contributed by atoms with Crippen molar-refractivity contribution >= 4 is 12.6 Å². The lowest BCUT2D eigenvalue weighted by atomic mass is 9.80. The van der Waals surface area contributed by atoms with Gasteiger partial charge in [-0.2, -0.15) is 0 Å². The molecule has 1 heterocycles. The maximum absolute atomic E-state index is 11.2. The van der Waals surface area contributed by atoms with Crippen molar-refractivity contribution in [2.45, 2.75) is 26.2 Å². The van der Waals surface area contributed by atoms with Gasteiger partial charge in [0.05, 0.1) is 0 Å². The van der Waals surface area contributed by atoms with Crippen LogP contribution < -0.4 is 11.0 Å². The van der Waals surface area contributed by atoms with E-state index in [0.717, 1.165) is 12.1 Å². The fraction of sp³-hybridized carbons (Fsp3) is 0.444. The first kappa shape index (κ1) is 11.0. The van der Waals surface area contributed by atoms with Crippen molar-refractivity contribution in [3.8, 4) is 0 Å². The van der Waals surface area contributed by atoms with E-state index < -0.39 is 7.12 Å². The lowest BCUT2D eigenvalue weighted by molar-refractivity contribution is 0.425. The van der Waals surface area contributed by atoms with Gasteiger partial charge >= 0.3 is 7.12 Å². The van der Waals surface area contributed by atoms with Crippen LogP contribution in [0, 0.1) is 0 Å². The monoisotopic (exact) mass is 195 g/mol. The van der Waals surface area contributed by atoms with Crippen LogP contribution in [-0.2, 0) is 0 Å². The third-order valence-electron chi connectivity index (χ3n) is 2.33. The second-order valence-corrected chi connectivity index (χ2v) is 3.42. The van der Waals surface area contributed by atoms with Crippen molar-refractivity contribution in [3.63, 3.8) is 0 Å². The SMILES string of the molecule is CCC(C)c1cc(B(O)O)cc(=O)[nH]1. The van der Waals surface area contributed by atoms with Gasteiger partial charge in [0.1, 0.15) is 0 Å². The van der Waals surface area contributed by atoms with Gasteiger partial charge in [-0.15, -0.1) is 0 Å². The summed E-state index contributed by atoms with van der Waals surface area (Å²) in [7, 11) is -1.58. The van der Waals surface area contributed by atoms with Gasteiger partial charge in [0, 0.05) is 11.8 Å². The molecule has 0 aliphatic carbocycles. The normalized spacial score (nSPS) is 12.6. The zero-order valence-electron chi connectivity index (χ0n) is 8.32. The molecule has 1 aromatic heterocycles. The maximum atomic E-state index is 11.2. The summed E-state index contributed by atoms with van der Waals surface area (Å²) < 4.78 is 0. The molecule has 1 atom stereocenters. The number of pyridine rings is 1. The summed E-state index contributed by atoms with van der Waals surface area (Å²) in [6, 6.07) is 2.80. The molecule has 1 unspecified atom stereocenters. The predicted molar refractivity (Wildman–Crippen MR) is 55.6 cm³/mol. The number of hydrogen-bond donors (Lipinski definition) is 3. The van der Waals surface area contributed by atoms with E-state index >= 15 is 0 Å². The van der Waals surface area contributed by atoms with Crippen LogP contribution in [0.4, 0.5) is 0 Å². The summed E-state index contributed by atoms with van der Waals surface area (Å²) in [6.07, 6.45) is 0.890. The standard InChI is InChI=1S/C9H14BNO3/c1-3-6(2)8-4-7(10(13)14)5-9(12)11-8/h4-6,13-14H,3H2,1-2H3,(H,11,12). The molecule has 0 aliphatic heterocycles. The summed E-state index contributed by atoms with van der Waals surface area (Å²) in [4.78, 5) is 13.8. The van der Waals surface area contributed by atoms with Crippen LogP contribution in [0.3, 0.4) is 0 Å². The maximum Gasteiger partial charge on any atom is 0.488 e. The Morgan fingerprint density at radius 1 is 1.50 bits per heavy atom. The molecule has 0 saturated carbocycles. The first-order chi connectivity index (χ1) is 6.54. The lowest BCUT2D eigenvalue weighted by Crippen LogP contribution is -2.34. The number of aromatic amines is 1. The van der Waals surface area contributed by atoms with Gasteiger partial charge in [0.15, 0.2) is 0 Å².